The molecule has 0 unspecified atom stereocenters. The molecule has 4 aromatic rings. The van der Waals surface area contributed by atoms with Gasteiger partial charge < -0.3 is 19.7 Å². The molecule has 2 N–H and O–H groups in total. The molecule has 2 saturated heterocycles. The highest BCUT2D eigenvalue weighted by Crippen LogP contribution is 2.43. The van der Waals surface area contributed by atoms with Gasteiger partial charge in [0.2, 0.25) is 5.91 Å². The molecule has 1 aliphatic carbocycles. The Morgan fingerprint density at radius 2 is 2.23 bits per heavy atom. The number of nitrogens with zero attached hydrogens (tertiary/aromatic N) is 4. The quantitative estimate of drug-likeness (QED) is 0.440. The van der Waals surface area contributed by atoms with Crippen LogP contribution in [-0.4, -0.2) is 63.9 Å². The van der Waals surface area contributed by atoms with Crippen LogP contribution in [0.3, 0.4) is 0 Å². The predicted octanol–water partition coefficient (Wildman–Crippen LogP) is 3.67. The van der Waals surface area contributed by atoms with Crippen LogP contribution >= 0.6 is 11.3 Å². The lowest BCUT2D eigenvalue weighted by atomic mass is 9.76. The number of aromatic amines is 1. The van der Waals surface area contributed by atoms with E-state index in [1.165, 1.54) is 10.4 Å². The summed E-state index contributed by atoms with van der Waals surface area (Å²) in [6, 6.07) is 3.99. The van der Waals surface area contributed by atoms with E-state index >= 15 is 0 Å². The monoisotopic (exact) mass is 490 g/mol. The van der Waals surface area contributed by atoms with Gasteiger partial charge in [0.05, 0.1) is 48.0 Å². The minimum Gasteiger partial charge on any atom is -0.492 e. The topological polar surface area (TPSA) is 105 Å². The first-order chi connectivity index (χ1) is 17.1. The van der Waals surface area contributed by atoms with Crippen molar-refractivity contribution in [2.24, 2.45) is 11.3 Å². The summed E-state index contributed by atoms with van der Waals surface area (Å²) in [4.78, 5) is 26.6. The minimum atomic E-state index is 0.0475. The molecule has 35 heavy (non-hydrogen) atoms. The zero-order valence-electron chi connectivity index (χ0n) is 19.5. The molecule has 1 amide bonds. The van der Waals surface area contributed by atoms with Crippen LogP contribution in [0.25, 0.3) is 21.1 Å². The lowest BCUT2D eigenvalue weighted by Crippen LogP contribution is -2.68. The van der Waals surface area contributed by atoms with Crippen molar-refractivity contribution in [2.75, 3.05) is 38.2 Å². The number of hydrogen-bond acceptors (Lipinski definition) is 8. The Bertz CT molecular complexity index is 1450. The number of fused-ring (bicyclic) bond motifs is 4. The number of likely N-dealkylation sites (tertiary alicyclic amines) is 1. The molecule has 1 atom stereocenters. The van der Waals surface area contributed by atoms with Gasteiger partial charge >= 0.3 is 0 Å². The van der Waals surface area contributed by atoms with E-state index < -0.39 is 0 Å². The Kier molecular flexibility index (Phi) is 4.75. The van der Waals surface area contributed by atoms with Crippen LogP contribution in [0, 0.1) is 11.3 Å². The number of benzene rings is 1. The number of carbonyl (C=O) groups is 1. The highest BCUT2D eigenvalue weighted by Gasteiger charge is 2.51. The van der Waals surface area contributed by atoms with Crippen LogP contribution in [-0.2, 0) is 22.4 Å². The van der Waals surface area contributed by atoms with Crippen LogP contribution in [0.1, 0.15) is 23.8 Å². The fourth-order valence-electron chi connectivity index (χ4n) is 5.64. The van der Waals surface area contributed by atoms with Gasteiger partial charge in [-0.25, -0.2) is 9.97 Å². The van der Waals surface area contributed by atoms with Crippen LogP contribution in [0.5, 0.6) is 5.75 Å². The Morgan fingerprint density at radius 1 is 1.34 bits per heavy atom. The number of rotatable bonds is 5. The highest BCUT2D eigenvalue weighted by molar-refractivity contribution is 7.19. The molecule has 10 heteroatoms. The second-order valence-corrected chi connectivity index (χ2v) is 11.0. The molecule has 3 aliphatic rings. The number of ether oxygens (including phenoxy) is 2. The fourth-order valence-corrected chi connectivity index (χ4v) is 6.91. The van der Waals surface area contributed by atoms with E-state index in [2.05, 4.69) is 25.5 Å². The number of H-pyrrole nitrogens is 1. The lowest BCUT2D eigenvalue weighted by Gasteiger charge is -2.55. The van der Waals surface area contributed by atoms with E-state index in [9.17, 15) is 4.79 Å². The van der Waals surface area contributed by atoms with Crippen LogP contribution in [0.15, 0.2) is 24.7 Å². The van der Waals surface area contributed by atoms with Crippen molar-refractivity contribution in [2.45, 2.75) is 26.2 Å². The van der Waals surface area contributed by atoms with Crippen molar-refractivity contribution >= 4 is 49.9 Å². The summed E-state index contributed by atoms with van der Waals surface area (Å²) < 4.78 is 11.3. The van der Waals surface area contributed by atoms with E-state index in [1.54, 1.807) is 23.9 Å². The number of amides is 1. The van der Waals surface area contributed by atoms with E-state index in [0.717, 1.165) is 83.9 Å². The van der Waals surface area contributed by atoms with Gasteiger partial charge in [0, 0.05) is 35.3 Å². The molecule has 7 rings (SSSR count). The molecule has 0 radical (unpaired) electrons. The van der Waals surface area contributed by atoms with Crippen LogP contribution in [0.2, 0.25) is 0 Å². The zero-order valence-corrected chi connectivity index (χ0v) is 20.3. The molecule has 1 aromatic carbocycles. The normalized spacial score (nSPS) is 20.5. The van der Waals surface area contributed by atoms with Crippen molar-refractivity contribution in [1.29, 1.82) is 0 Å². The Hall–Kier alpha value is -3.24. The van der Waals surface area contributed by atoms with Gasteiger partial charge in [-0.3, -0.25) is 9.89 Å². The molecule has 9 nitrogen and oxygen atoms in total. The van der Waals surface area contributed by atoms with Crippen molar-refractivity contribution in [3.05, 3.63) is 35.1 Å². The number of anilines is 2. The van der Waals surface area contributed by atoms with Crippen molar-refractivity contribution < 1.29 is 14.3 Å². The fraction of sp³-hybridized carbons (Fsp3) is 0.440. The van der Waals surface area contributed by atoms with Gasteiger partial charge in [-0.05, 0) is 37.8 Å². The number of aromatic nitrogens is 4. The summed E-state index contributed by atoms with van der Waals surface area (Å²) >= 11 is 1.69. The molecule has 0 bridgehead atoms. The Labute approximate surface area is 205 Å². The molecule has 5 heterocycles. The van der Waals surface area contributed by atoms with Crippen molar-refractivity contribution in [3.63, 3.8) is 0 Å². The molecular weight excluding hydrogens is 464 g/mol. The maximum Gasteiger partial charge on any atom is 0.226 e. The lowest BCUT2D eigenvalue weighted by molar-refractivity contribution is -0.197. The van der Waals surface area contributed by atoms with E-state index in [4.69, 9.17) is 9.47 Å². The van der Waals surface area contributed by atoms with Crippen molar-refractivity contribution in [1.82, 2.24) is 25.1 Å². The van der Waals surface area contributed by atoms with Crippen LogP contribution in [0.4, 0.5) is 11.5 Å². The molecule has 2 fully saturated rings. The maximum absolute atomic E-state index is 13.2. The summed E-state index contributed by atoms with van der Waals surface area (Å²) in [6.45, 7) is 5.83. The number of aryl methyl sites for hydroxylation is 1. The van der Waals surface area contributed by atoms with Gasteiger partial charge in [-0.15, -0.1) is 11.3 Å². The largest absolute Gasteiger partial charge is 0.492 e. The second-order valence-electron chi connectivity index (χ2n) is 9.90. The van der Waals surface area contributed by atoms with E-state index in [-0.39, 0.29) is 11.3 Å². The molecular formula is C25H26N6O3S. The summed E-state index contributed by atoms with van der Waals surface area (Å²) in [5, 5.41) is 12.7. The Morgan fingerprint density at radius 3 is 3.03 bits per heavy atom. The second kappa shape index (κ2) is 7.89. The first-order valence-corrected chi connectivity index (χ1v) is 12.9. The van der Waals surface area contributed by atoms with E-state index in [1.807, 2.05) is 24.0 Å². The SMILES string of the molecule is CCOc1cc2[nH]ncc2cc1Nc1ncnc2sc3c(c12)CC[C@H](C(=O)N1CC2(COC2)C1)C3. The third kappa shape index (κ3) is 3.38. The molecule has 1 spiro atoms. The third-order valence-corrected chi connectivity index (χ3v) is 8.63. The number of thiophene rings is 1. The standard InChI is InChI=1S/C25H26N6O3S/c1-2-34-19-7-17-15(8-28-30-17)5-18(19)29-22-21-16-4-3-14(6-20(16)35-23(21)27-13-26-22)24(32)31-9-25(10-31)11-33-12-25/h5,7-8,13-14H,2-4,6,9-12H2,1H3,(H,28,30)(H,26,27,29)/t14-/m0/s1. The van der Waals surface area contributed by atoms with Gasteiger partial charge in [-0.1, -0.05) is 0 Å². The van der Waals surface area contributed by atoms with E-state index in [0.29, 0.717) is 12.5 Å². The van der Waals surface area contributed by atoms with Gasteiger partial charge in [0.1, 0.15) is 22.7 Å². The van der Waals surface area contributed by atoms with Crippen molar-refractivity contribution in [3.8, 4) is 5.75 Å². The first-order valence-electron chi connectivity index (χ1n) is 12.1. The molecule has 3 aromatic heterocycles. The highest BCUT2D eigenvalue weighted by atomic mass is 32.1. The average molecular weight is 491 g/mol. The third-order valence-electron chi connectivity index (χ3n) is 7.47. The first kappa shape index (κ1) is 21.1. The minimum absolute atomic E-state index is 0.0475. The number of nitrogens with one attached hydrogen (secondary N) is 2. The molecule has 0 saturated carbocycles. The maximum atomic E-state index is 13.2. The zero-order chi connectivity index (χ0) is 23.6. The Balaban J connectivity index is 1.18. The smallest absolute Gasteiger partial charge is 0.226 e. The molecule has 180 valence electrons. The summed E-state index contributed by atoms with van der Waals surface area (Å²) in [5.74, 6) is 1.86. The predicted molar refractivity (Wildman–Crippen MR) is 133 cm³/mol. The molecule has 2 aliphatic heterocycles. The number of carbonyl (C=O) groups excluding carboxylic acids is 1. The van der Waals surface area contributed by atoms with Gasteiger partial charge in [-0.2, -0.15) is 5.10 Å². The average Bonchev–Trinajstić information content (AvgIpc) is 3.41. The number of hydrogen-bond donors (Lipinski definition) is 2. The summed E-state index contributed by atoms with van der Waals surface area (Å²) in [5.41, 5.74) is 3.29. The summed E-state index contributed by atoms with van der Waals surface area (Å²) in [7, 11) is 0. The van der Waals surface area contributed by atoms with Gasteiger partial charge in [0.25, 0.3) is 0 Å². The van der Waals surface area contributed by atoms with Crippen LogP contribution < -0.4 is 10.1 Å². The summed E-state index contributed by atoms with van der Waals surface area (Å²) in [6.07, 6.45) is 5.89. The van der Waals surface area contributed by atoms with Gasteiger partial charge in [0.15, 0.2) is 0 Å².